The van der Waals surface area contributed by atoms with Gasteiger partial charge in [0.05, 0.1) is 5.69 Å². The number of aryl methyl sites for hydroxylation is 2. The van der Waals surface area contributed by atoms with Gasteiger partial charge in [-0.25, -0.2) is 4.98 Å². The molecule has 0 radical (unpaired) electrons. The molecule has 3 nitrogen and oxygen atoms in total. The van der Waals surface area contributed by atoms with Gasteiger partial charge in [0, 0.05) is 18.3 Å². The van der Waals surface area contributed by atoms with Crippen molar-refractivity contribution < 1.29 is 0 Å². The van der Waals surface area contributed by atoms with Crippen molar-refractivity contribution in [1.82, 2.24) is 14.9 Å². The van der Waals surface area contributed by atoms with Crippen LogP contribution < -0.4 is 5.32 Å². The lowest BCUT2D eigenvalue weighted by molar-refractivity contribution is 0.338. The fourth-order valence-electron chi connectivity index (χ4n) is 3.03. The van der Waals surface area contributed by atoms with Crippen LogP contribution in [0, 0.1) is 12.8 Å². The standard InChI is InChI=1S/C17H23N3/c1-14-13-20(12-9-15-7-10-18-11-8-15)17(19-14)16-5-3-2-4-6-16/h2-6,13,15,18H,7-12H2,1H3. The second-order valence-corrected chi connectivity index (χ2v) is 5.75. The third kappa shape index (κ3) is 3.10. The van der Waals surface area contributed by atoms with Crippen LogP contribution in [0.15, 0.2) is 36.5 Å². The van der Waals surface area contributed by atoms with Crippen LogP contribution in [0.25, 0.3) is 11.4 Å². The van der Waals surface area contributed by atoms with Crippen LogP contribution in [0.1, 0.15) is 25.0 Å². The largest absolute Gasteiger partial charge is 0.331 e. The number of rotatable bonds is 4. The van der Waals surface area contributed by atoms with Gasteiger partial charge >= 0.3 is 0 Å². The first-order chi connectivity index (χ1) is 9.83. The third-order valence-corrected chi connectivity index (χ3v) is 4.17. The molecule has 0 saturated carbocycles. The SMILES string of the molecule is Cc1cn(CCC2CCNCC2)c(-c2ccccc2)n1. The molecule has 0 bridgehead atoms. The fourth-order valence-corrected chi connectivity index (χ4v) is 3.03. The van der Waals surface area contributed by atoms with Gasteiger partial charge in [0.2, 0.25) is 0 Å². The molecule has 1 N–H and O–H groups in total. The van der Waals surface area contributed by atoms with Gasteiger partial charge in [0.25, 0.3) is 0 Å². The lowest BCUT2D eigenvalue weighted by Gasteiger charge is -2.22. The molecule has 0 amide bonds. The first-order valence-corrected chi connectivity index (χ1v) is 7.63. The summed E-state index contributed by atoms with van der Waals surface area (Å²) in [4.78, 5) is 4.70. The zero-order valence-electron chi connectivity index (χ0n) is 12.2. The molecule has 0 spiro atoms. The van der Waals surface area contributed by atoms with Crippen molar-refractivity contribution >= 4 is 0 Å². The Bertz CT molecular complexity index is 539. The Hall–Kier alpha value is -1.61. The van der Waals surface area contributed by atoms with Crippen LogP contribution in [0.5, 0.6) is 0 Å². The highest BCUT2D eigenvalue weighted by Crippen LogP contribution is 2.22. The molecule has 3 rings (SSSR count). The molecule has 3 heteroatoms. The van der Waals surface area contributed by atoms with Crippen molar-refractivity contribution in [2.45, 2.75) is 32.7 Å². The van der Waals surface area contributed by atoms with Crippen molar-refractivity contribution in [1.29, 1.82) is 0 Å². The van der Waals surface area contributed by atoms with Gasteiger partial charge in [0.1, 0.15) is 5.82 Å². The van der Waals surface area contributed by atoms with Gasteiger partial charge in [-0.2, -0.15) is 0 Å². The molecule has 1 aliphatic rings. The van der Waals surface area contributed by atoms with Crippen molar-refractivity contribution in [2.75, 3.05) is 13.1 Å². The van der Waals surface area contributed by atoms with Crippen LogP contribution in [-0.4, -0.2) is 22.6 Å². The topological polar surface area (TPSA) is 29.9 Å². The highest BCUT2D eigenvalue weighted by Gasteiger charge is 2.14. The van der Waals surface area contributed by atoms with E-state index in [1.807, 2.05) is 0 Å². The van der Waals surface area contributed by atoms with Crippen LogP contribution in [0.2, 0.25) is 0 Å². The number of hydrogen-bond acceptors (Lipinski definition) is 2. The molecule has 0 aliphatic carbocycles. The summed E-state index contributed by atoms with van der Waals surface area (Å²) in [6, 6.07) is 10.5. The van der Waals surface area contributed by atoms with E-state index in [-0.39, 0.29) is 0 Å². The molecule has 0 atom stereocenters. The zero-order valence-corrected chi connectivity index (χ0v) is 12.2. The first kappa shape index (κ1) is 13.4. The number of nitrogens with zero attached hydrogens (tertiary/aromatic N) is 2. The monoisotopic (exact) mass is 269 g/mol. The first-order valence-electron chi connectivity index (χ1n) is 7.63. The maximum Gasteiger partial charge on any atom is 0.140 e. The molecular formula is C17H23N3. The number of hydrogen-bond donors (Lipinski definition) is 1. The summed E-state index contributed by atoms with van der Waals surface area (Å²) in [5.74, 6) is 1.97. The predicted molar refractivity (Wildman–Crippen MR) is 82.6 cm³/mol. The van der Waals surface area contributed by atoms with E-state index in [1.165, 1.54) is 37.9 Å². The highest BCUT2D eigenvalue weighted by atomic mass is 15.1. The maximum absolute atomic E-state index is 4.70. The van der Waals surface area contributed by atoms with Gasteiger partial charge in [-0.15, -0.1) is 0 Å². The molecule has 106 valence electrons. The highest BCUT2D eigenvalue weighted by molar-refractivity contribution is 5.55. The minimum atomic E-state index is 0.863. The molecule has 1 aliphatic heterocycles. The minimum absolute atomic E-state index is 0.863. The van der Waals surface area contributed by atoms with Crippen molar-refractivity contribution in [3.63, 3.8) is 0 Å². The maximum atomic E-state index is 4.70. The summed E-state index contributed by atoms with van der Waals surface area (Å²) in [5, 5.41) is 3.44. The molecule has 1 aromatic heterocycles. The van der Waals surface area contributed by atoms with Crippen LogP contribution in [0.3, 0.4) is 0 Å². The molecule has 1 fully saturated rings. The normalized spacial score (nSPS) is 16.4. The van der Waals surface area contributed by atoms with Gasteiger partial charge < -0.3 is 9.88 Å². The van der Waals surface area contributed by atoms with E-state index in [1.54, 1.807) is 0 Å². The summed E-state index contributed by atoms with van der Waals surface area (Å²) < 4.78 is 2.33. The Kier molecular flexibility index (Phi) is 4.16. The number of piperidine rings is 1. The van der Waals surface area contributed by atoms with Gasteiger partial charge in [-0.05, 0) is 45.2 Å². The number of benzene rings is 1. The number of imidazole rings is 1. The molecule has 20 heavy (non-hydrogen) atoms. The molecule has 1 aromatic carbocycles. The van der Waals surface area contributed by atoms with Crippen molar-refractivity contribution in [3.8, 4) is 11.4 Å². The van der Waals surface area contributed by atoms with Gasteiger partial charge in [-0.3, -0.25) is 0 Å². The van der Waals surface area contributed by atoms with Gasteiger partial charge in [0.15, 0.2) is 0 Å². The number of aromatic nitrogens is 2. The van der Waals surface area contributed by atoms with Crippen LogP contribution in [0.4, 0.5) is 0 Å². The van der Waals surface area contributed by atoms with Crippen LogP contribution >= 0.6 is 0 Å². The van der Waals surface area contributed by atoms with E-state index < -0.39 is 0 Å². The predicted octanol–water partition coefficient (Wildman–Crippen LogP) is 3.25. The lowest BCUT2D eigenvalue weighted by Crippen LogP contribution is -2.28. The summed E-state index contributed by atoms with van der Waals surface area (Å²) in [5.41, 5.74) is 2.32. The van der Waals surface area contributed by atoms with E-state index in [0.717, 1.165) is 24.0 Å². The summed E-state index contributed by atoms with van der Waals surface area (Å²) >= 11 is 0. The molecule has 2 aromatic rings. The Morgan fingerprint density at radius 3 is 2.70 bits per heavy atom. The summed E-state index contributed by atoms with van der Waals surface area (Å²) in [6.45, 7) is 5.52. The third-order valence-electron chi connectivity index (χ3n) is 4.17. The van der Waals surface area contributed by atoms with E-state index in [9.17, 15) is 0 Å². The second kappa shape index (κ2) is 6.23. The lowest BCUT2D eigenvalue weighted by atomic mass is 9.95. The fraction of sp³-hybridized carbons (Fsp3) is 0.471. The van der Waals surface area contributed by atoms with Gasteiger partial charge in [-0.1, -0.05) is 30.3 Å². The Morgan fingerprint density at radius 2 is 1.95 bits per heavy atom. The summed E-state index contributed by atoms with van der Waals surface area (Å²) in [7, 11) is 0. The molecule has 0 unspecified atom stereocenters. The minimum Gasteiger partial charge on any atom is -0.331 e. The number of nitrogens with one attached hydrogen (secondary N) is 1. The average molecular weight is 269 g/mol. The van der Waals surface area contributed by atoms with E-state index in [4.69, 9.17) is 4.98 Å². The van der Waals surface area contributed by atoms with Crippen LogP contribution in [-0.2, 0) is 6.54 Å². The smallest absolute Gasteiger partial charge is 0.140 e. The quantitative estimate of drug-likeness (QED) is 0.923. The van der Waals surface area contributed by atoms with Crippen molar-refractivity contribution in [3.05, 3.63) is 42.2 Å². The Balaban J connectivity index is 1.73. The molecule has 2 heterocycles. The average Bonchev–Trinajstić information content (AvgIpc) is 2.88. The zero-order chi connectivity index (χ0) is 13.8. The summed E-state index contributed by atoms with van der Waals surface area (Å²) in [6.07, 6.45) is 6.07. The molecular weight excluding hydrogens is 246 g/mol. The molecule has 1 saturated heterocycles. The van der Waals surface area contributed by atoms with Crippen molar-refractivity contribution in [2.24, 2.45) is 5.92 Å². The Labute approximate surface area is 121 Å². The second-order valence-electron chi connectivity index (χ2n) is 5.75. The van der Waals surface area contributed by atoms with E-state index in [2.05, 4.69) is 53.3 Å². The van der Waals surface area contributed by atoms with E-state index in [0.29, 0.717) is 0 Å². The Morgan fingerprint density at radius 1 is 1.20 bits per heavy atom. The van der Waals surface area contributed by atoms with E-state index >= 15 is 0 Å².